The van der Waals surface area contributed by atoms with Gasteiger partial charge < -0.3 is 20.1 Å². The maximum Gasteiger partial charge on any atom is 0.322 e. The van der Waals surface area contributed by atoms with Crippen molar-refractivity contribution in [2.24, 2.45) is 7.05 Å². The number of nitrogens with zero attached hydrogens (tertiary/aromatic N) is 1. The van der Waals surface area contributed by atoms with Crippen LogP contribution in [-0.2, 0) is 11.8 Å². The Bertz CT molecular complexity index is 1040. The molecule has 1 aromatic carbocycles. The lowest BCUT2D eigenvalue weighted by molar-refractivity contribution is -0.135. The van der Waals surface area contributed by atoms with Crippen LogP contribution in [-0.4, -0.2) is 33.2 Å². The average molecular weight is 358 g/mol. The van der Waals surface area contributed by atoms with Gasteiger partial charge in [0.25, 0.3) is 11.5 Å². The maximum atomic E-state index is 12.5. The van der Waals surface area contributed by atoms with E-state index in [4.69, 9.17) is 5.11 Å². The predicted octanol–water partition coefficient (Wildman–Crippen LogP) is 1.79. The van der Waals surface area contributed by atoms with Crippen LogP contribution in [0, 0.1) is 0 Å². The summed E-state index contributed by atoms with van der Waals surface area (Å²) in [4.78, 5) is 36.2. The Morgan fingerprint density at radius 3 is 2.68 bits per heavy atom. The van der Waals surface area contributed by atoms with Crippen molar-refractivity contribution in [2.75, 3.05) is 6.54 Å². The molecule has 2 heterocycles. The number of carbonyl (C=O) groups excluding carboxylic acids is 1. The summed E-state index contributed by atoms with van der Waals surface area (Å²) >= 11 is 1.55. The minimum Gasteiger partial charge on any atom is -0.506 e. The second-order valence-electron chi connectivity index (χ2n) is 5.37. The van der Waals surface area contributed by atoms with Crippen LogP contribution in [0.25, 0.3) is 21.3 Å². The number of aromatic nitrogens is 1. The number of benzene rings is 1. The predicted molar refractivity (Wildman–Crippen MR) is 94.1 cm³/mol. The molecule has 2 aromatic heterocycles. The topological polar surface area (TPSA) is 109 Å². The summed E-state index contributed by atoms with van der Waals surface area (Å²) in [6.45, 7) is -0.642. The first-order valence-corrected chi connectivity index (χ1v) is 8.17. The van der Waals surface area contributed by atoms with E-state index in [1.165, 1.54) is 11.6 Å². The maximum absolute atomic E-state index is 12.5. The number of aryl methyl sites for hydroxylation is 1. The molecule has 1 amide bonds. The fraction of sp³-hybridized carbons (Fsp3) is 0.118. The van der Waals surface area contributed by atoms with Crippen LogP contribution in [0.5, 0.6) is 5.75 Å². The molecule has 7 nitrogen and oxygen atoms in total. The minimum atomic E-state index is -1.24. The number of nitrogens with one attached hydrogen (secondary N) is 1. The Morgan fingerprint density at radius 1 is 1.28 bits per heavy atom. The largest absolute Gasteiger partial charge is 0.506 e. The van der Waals surface area contributed by atoms with Gasteiger partial charge in [-0.1, -0.05) is 12.1 Å². The number of aromatic hydroxyl groups is 1. The zero-order valence-corrected chi connectivity index (χ0v) is 14.0. The second kappa shape index (κ2) is 6.40. The molecular formula is C17H14N2O5S. The van der Waals surface area contributed by atoms with E-state index in [9.17, 15) is 19.5 Å². The first-order valence-electron chi connectivity index (χ1n) is 7.29. The van der Waals surface area contributed by atoms with Crippen LogP contribution < -0.4 is 10.9 Å². The molecule has 0 aliphatic carbocycles. The minimum absolute atomic E-state index is 0.336. The fourth-order valence-electron chi connectivity index (χ4n) is 2.57. The molecule has 0 spiro atoms. The van der Waals surface area contributed by atoms with Gasteiger partial charge in [-0.15, -0.1) is 11.3 Å². The molecule has 3 N–H and O–H groups in total. The molecule has 8 heteroatoms. The number of carbonyl (C=O) groups is 2. The number of aliphatic carboxylic acids is 1. The number of thiophene rings is 1. The van der Waals surface area contributed by atoms with Crippen molar-refractivity contribution in [1.29, 1.82) is 0 Å². The van der Waals surface area contributed by atoms with Crippen molar-refractivity contribution in [2.45, 2.75) is 0 Å². The molecule has 0 aliphatic rings. The molecule has 3 aromatic rings. The van der Waals surface area contributed by atoms with Crippen molar-refractivity contribution < 1.29 is 19.8 Å². The lowest BCUT2D eigenvalue weighted by Gasteiger charge is -2.12. The van der Waals surface area contributed by atoms with E-state index >= 15 is 0 Å². The number of fused-ring (bicyclic) bond motifs is 1. The molecule has 25 heavy (non-hydrogen) atoms. The van der Waals surface area contributed by atoms with Gasteiger partial charge in [0, 0.05) is 17.3 Å². The van der Waals surface area contributed by atoms with Gasteiger partial charge in [0.1, 0.15) is 17.9 Å². The van der Waals surface area contributed by atoms with Crippen molar-refractivity contribution in [3.63, 3.8) is 0 Å². The molecule has 0 saturated heterocycles. The van der Waals surface area contributed by atoms with Crippen molar-refractivity contribution in [1.82, 2.24) is 9.88 Å². The number of rotatable bonds is 4. The number of amides is 1. The third-order valence-electron chi connectivity index (χ3n) is 3.80. The van der Waals surface area contributed by atoms with Gasteiger partial charge in [-0.05, 0) is 29.1 Å². The Morgan fingerprint density at radius 2 is 2.04 bits per heavy atom. The van der Waals surface area contributed by atoms with Crippen molar-refractivity contribution >= 4 is 34.1 Å². The summed E-state index contributed by atoms with van der Waals surface area (Å²) < 4.78 is 1.27. The molecule has 0 unspecified atom stereocenters. The van der Waals surface area contributed by atoms with Gasteiger partial charge in [0.05, 0.1) is 5.52 Å². The normalized spacial score (nSPS) is 10.8. The zero-order valence-electron chi connectivity index (χ0n) is 13.1. The highest BCUT2D eigenvalue weighted by atomic mass is 32.1. The van der Waals surface area contributed by atoms with Crippen LogP contribution in [0.2, 0.25) is 0 Å². The van der Waals surface area contributed by atoms with E-state index in [2.05, 4.69) is 5.32 Å². The average Bonchev–Trinajstić information content (AvgIpc) is 3.12. The van der Waals surface area contributed by atoms with E-state index in [1.807, 2.05) is 17.5 Å². The third kappa shape index (κ3) is 2.99. The Kier molecular flexibility index (Phi) is 4.28. The third-order valence-corrected chi connectivity index (χ3v) is 4.72. The molecule has 3 rings (SSSR count). The molecule has 0 bridgehead atoms. The monoisotopic (exact) mass is 358 g/mol. The van der Waals surface area contributed by atoms with Crippen LogP contribution in [0.4, 0.5) is 0 Å². The first kappa shape index (κ1) is 16.7. The lowest BCUT2D eigenvalue weighted by atomic mass is 10.1. The number of carboxylic acids is 1. The van der Waals surface area contributed by atoms with Crippen molar-refractivity contribution in [3.8, 4) is 16.2 Å². The molecule has 128 valence electrons. The first-order chi connectivity index (χ1) is 11.9. The number of hydrogen-bond acceptors (Lipinski definition) is 5. The van der Waals surface area contributed by atoms with Crippen LogP contribution in [0.3, 0.4) is 0 Å². The van der Waals surface area contributed by atoms with Crippen molar-refractivity contribution in [3.05, 3.63) is 51.6 Å². The Balaban J connectivity index is 2.16. The Labute approximate surface area is 145 Å². The van der Waals surface area contributed by atoms with Gasteiger partial charge in [-0.25, -0.2) is 0 Å². The highest BCUT2D eigenvalue weighted by Gasteiger charge is 2.21. The van der Waals surface area contributed by atoms with Crippen LogP contribution in [0.1, 0.15) is 10.4 Å². The summed E-state index contributed by atoms with van der Waals surface area (Å²) in [6.07, 6.45) is 0. The van der Waals surface area contributed by atoms with Crippen LogP contribution in [0.15, 0.2) is 40.5 Å². The fourth-order valence-corrected chi connectivity index (χ4v) is 3.29. The van der Waals surface area contributed by atoms with E-state index in [0.29, 0.717) is 10.9 Å². The molecular weight excluding hydrogens is 344 g/mol. The molecule has 0 atom stereocenters. The summed E-state index contributed by atoms with van der Waals surface area (Å²) in [7, 11) is 1.50. The van der Waals surface area contributed by atoms with E-state index in [0.717, 1.165) is 10.4 Å². The highest BCUT2D eigenvalue weighted by molar-refractivity contribution is 7.13. The number of pyridine rings is 1. The van der Waals surface area contributed by atoms with E-state index in [1.54, 1.807) is 29.5 Å². The van der Waals surface area contributed by atoms with Gasteiger partial charge in [-0.2, -0.15) is 0 Å². The van der Waals surface area contributed by atoms with Gasteiger partial charge >= 0.3 is 5.97 Å². The highest BCUT2D eigenvalue weighted by Crippen LogP contribution is 2.31. The SMILES string of the molecule is Cn1c(=O)c(C(=O)NCC(=O)O)c(O)c2ccc(-c3cccs3)cc21. The quantitative estimate of drug-likeness (QED) is 0.659. The summed E-state index contributed by atoms with van der Waals surface area (Å²) in [5.41, 5.74) is 0.194. The summed E-state index contributed by atoms with van der Waals surface area (Å²) in [5.74, 6) is -2.63. The smallest absolute Gasteiger partial charge is 0.322 e. The molecule has 0 saturated carbocycles. The summed E-state index contributed by atoms with van der Waals surface area (Å²) in [6, 6.07) is 9.04. The van der Waals surface area contributed by atoms with Gasteiger partial charge in [-0.3, -0.25) is 14.4 Å². The lowest BCUT2D eigenvalue weighted by Crippen LogP contribution is -2.35. The number of hydrogen-bond donors (Lipinski definition) is 3. The standard InChI is InChI=1S/C17H14N2O5S/c1-19-11-7-9(12-3-2-6-25-12)4-5-10(11)15(22)14(17(19)24)16(23)18-8-13(20)21/h2-7,22H,8H2,1H3,(H,18,23)(H,20,21). The van der Waals surface area contributed by atoms with E-state index < -0.39 is 35.3 Å². The molecule has 0 radical (unpaired) electrons. The summed E-state index contributed by atoms with van der Waals surface area (Å²) in [5, 5.41) is 23.4. The molecule has 0 aliphatic heterocycles. The van der Waals surface area contributed by atoms with Gasteiger partial charge in [0.15, 0.2) is 0 Å². The van der Waals surface area contributed by atoms with Gasteiger partial charge in [0.2, 0.25) is 0 Å². The van der Waals surface area contributed by atoms with Crippen LogP contribution >= 0.6 is 11.3 Å². The van der Waals surface area contributed by atoms with E-state index in [-0.39, 0.29) is 0 Å². The zero-order chi connectivity index (χ0) is 18.1. The second-order valence-corrected chi connectivity index (χ2v) is 6.32. The number of carboxylic acid groups (broad SMARTS) is 1. The molecule has 0 fully saturated rings. The Hall–Kier alpha value is -3.13.